The number of aromatic nitrogens is 1. The third-order valence-electron chi connectivity index (χ3n) is 5.82. The van der Waals surface area contributed by atoms with Gasteiger partial charge in [-0.25, -0.2) is 0 Å². The highest BCUT2D eigenvalue weighted by molar-refractivity contribution is 9.10. The SMILES string of the molecule is CC1(C2c3ncc(Br)cc3CCc3cc(Cl)cc(Br)c32)CCNCC1. The molecule has 4 rings (SSSR count). The van der Waals surface area contributed by atoms with Crippen LogP contribution in [0.3, 0.4) is 0 Å². The summed E-state index contributed by atoms with van der Waals surface area (Å²) in [6.45, 7) is 4.57. The summed E-state index contributed by atoms with van der Waals surface area (Å²) in [4.78, 5) is 4.92. The first kappa shape index (κ1) is 18.0. The number of aryl methyl sites for hydroxylation is 2. The minimum absolute atomic E-state index is 0.191. The van der Waals surface area contributed by atoms with E-state index in [2.05, 4.69) is 56.2 Å². The standard InChI is InChI=1S/C20H21Br2ClN2/c1-20(4-6-24-7-5-20)18-17-12(9-15(23)10-16(17)22)2-3-13-8-14(21)11-25-19(13)18/h8-11,18,24H,2-7H2,1H3. The Balaban J connectivity index is 1.96. The molecule has 2 aromatic rings. The van der Waals surface area contributed by atoms with Crippen molar-refractivity contribution in [1.29, 1.82) is 0 Å². The monoisotopic (exact) mass is 482 g/mol. The van der Waals surface area contributed by atoms with Gasteiger partial charge in [0.05, 0.1) is 5.69 Å². The maximum atomic E-state index is 6.38. The first-order valence-electron chi connectivity index (χ1n) is 8.81. The molecule has 132 valence electrons. The van der Waals surface area contributed by atoms with Crippen molar-refractivity contribution in [1.82, 2.24) is 10.3 Å². The second-order valence-corrected chi connectivity index (χ2v) is 9.70. The van der Waals surface area contributed by atoms with Crippen molar-refractivity contribution in [3.63, 3.8) is 0 Å². The van der Waals surface area contributed by atoms with Gasteiger partial charge in [0.2, 0.25) is 0 Å². The van der Waals surface area contributed by atoms with Gasteiger partial charge in [-0.3, -0.25) is 4.98 Å². The Labute approximate surface area is 171 Å². The molecule has 2 heterocycles. The summed E-state index contributed by atoms with van der Waals surface area (Å²) in [7, 11) is 0. The van der Waals surface area contributed by atoms with Crippen LogP contribution in [0.25, 0.3) is 0 Å². The van der Waals surface area contributed by atoms with E-state index >= 15 is 0 Å². The highest BCUT2D eigenvalue weighted by Crippen LogP contribution is 2.51. The van der Waals surface area contributed by atoms with Crippen molar-refractivity contribution in [2.24, 2.45) is 5.41 Å². The lowest BCUT2D eigenvalue weighted by molar-refractivity contribution is 0.196. The Morgan fingerprint density at radius 1 is 1.12 bits per heavy atom. The molecule has 1 aliphatic carbocycles. The fraction of sp³-hybridized carbons (Fsp3) is 0.450. The van der Waals surface area contributed by atoms with Crippen LogP contribution < -0.4 is 5.32 Å². The van der Waals surface area contributed by atoms with Crippen LogP contribution in [0, 0.1) is 5.41 Å². The van der Waals surface area contributed by atoms with Gasteiger partial charge in [-0.05, 0) is 95.0 Å². The minimum Gasteiger partial charge on any atom is -0.317 e. The molecule has 0 radical (unpaired) electrons. The molecule has 1 atom stereocenters. The third kappa shape index (κ3) is 3.31. The molecule has 1 aromatic heterocycles. The van der Waals surface area contributed by atoms with E-state index in [0.29, 0.717) is 5.92 Å². The lowest BCUT2D eigenvalue weighted by atomic mass is 9.65. The lowest BCUT2D eigenvalue weighted by Crippen LogP contribution is -2.39. The molecule has 0 amide bonds. The molecule has 0 spiro atoms. The third-order valence-corrected chi connectivity index (χ3v) is 7.12. The number of hydrogen-bond acceptors (Lipinski definition) is 2. The Hall–Kier alpha value is -0.420. The van der Waals surface area contributed by atoms with Gasteiger partial charge in [-0.1, -0.05) is 34.5 Å². The van der Waals surface area contributed by atoms with E-state index in [-0.39, 0.29) is 5.41 Å². The number of benzene rings is 1. The van der Waals surface area contributed by atoms with Crippen LogP contribution in [0.1, 0.15) is 48.1 Å². The molecular formula is C20H21Br2ClN2. The molecule has 25 heavy (non-hydrogen) atoms. The normalized spacial score (nSPS) is 22.0. The molecule has 1 aliphatic heterocycles. The van der Waals surface area contributed by atoms with Crippen LogP contribution in [-0.4, -0.2) is 18.1 Å². The second kappa shape index (κ2) is 6.95. The minimum atomic E-state index is 0.191. The Kier molecular flexibility index (Phi) is 5.00. The van der Waals surface area contributed by atoms with Crippen LogP contribution in [-0.2, 0) is 12.8 Å². The fourth-order valence-electron chi connectivity index (χ4n) is 4.49. The largest absolute Gasteiger partial charge is 0.317 e. The zero-order chi connectivity index (χ0) is 17.6. The first-order chi connectivity index (χ1) is 12.0. The molecule has 5 heteroatoms. The van der Waals surface area contributed by atoms with E-state index in [0.717, 1.165) is 52.7 Å². The van der Waals surface area contributed by atoms with Crippen molar-refractivity contribution < 1.29 is 0 Å². The zero-order valence-electron chi connectivity index (χ0n) is 14.2. The average molecular weight is 485 g/mol. The second-order valence-electron chi connectivity index (χ2n) is 7.50. The number of piperidine rings is 1. The van der Waals surface area contributed by atoms with Gasteiger partial charge in [-0.15, -0.1) is 0 Å². The number of nitrogens with one attached hydrogen (secondary N) is 1. The summed E-state index contributed by atoms with van der Waals surface area (Å²) >= 11 is 13.8. The lowest BCUT2D eigenvalue weighted by Gasteiger charge is -2.42. The summed E-state index contributed by atoms with van der Waals surface area (Å²) in [6.07, 6.45) is 6.27. The van der Waals surface area contributed by atoms with Crippen LogP contribution in [0.15, 0.2) is 33.3 Å². The Morgan fingerprint density at radius 3 is 2.60 bits per heavy atom. The van der Waals surface area contributed by atoms with Gasteiger partial charge in [0.1, 0.15) is 0 Å². The molecule has 1 saturated heterocycles. The first-order valence-corrected chi connectivity index (χ1v) is 10.8. The predicted molar refractivity (Wildman–Crippen MR) is 111 cm³/mol. The Bertz CT molecular complexity index is 816. The van der Waals surface area contributed by atoms with Gasteiger partial charge in [0, 0.05) is 26.1 Å². The number of nitrogens with zero attached hydrogens (tertiary/aromatic N) is 1. The summed E-state index contributed by atoms with van der Waals surface area (Å²) < 4.78 is 2.18. The summed E-state index contributed by atoms with van der Waals surface area (Å²) in [5.74, 6) is 0.293. The topological polar surface area (TPSA) is 24.9 Å². The molecule has 1 fully saturated rings. The van der Waals surface area contributed by atoms with Crippen molar-refractivity contribution in [3.05, 3.63) is 60.7 Å². The highest BCUT2D eigenvalue weighted by atomic mass is 79.9. The van der Waals surface area contributed by atoms with Crippen LogP contribution in [0.5, 0.6) is 0 Å². The summed E-state index contributed by atoms with van der Waals surface area (Å²) in [5, 5.41) is 4.32. The van der Waals surface area contributed by atoms with E-state index in [9.17, 15) is 0 Å². The molecule has 1 N–H and O–H groups in total. The van der Waals surface area contributed by atoms with E-state index in [1.807, 2.05) is 12.3 Å². The molecule has 0 saturated carbocycles. The quantitative estimate of drug-likeness (QED) is 0.547. The maximum absolute atomic E-state index is 6.38. The highest BCUT2D eigenvalue weighted by Gasteiger charge is 2.42. The van der Waals surface area contributed by atoms with Crippen molar-refractivity contribution in [3.8, 4) is 0 Å². The van der Waals surface area contributed by atoms with Crippen molar-refractivity contribution >= 4 is 43.5 Å². The average Bonchev–Trinajstić information content (AvgIpc) is 2.73. The molecule has 1 aromatic carbocycles. The van der Waals surface area contributed by atoms with Crippen LogP contribution in [0.2, 0.25) is 5.02 Å². The van der Waals surface area contributed by atoms with Gasteiger partial charge in [0.15, 0.2) is 0 Å². The number of fused-ring (bicyclic) bond motifs is 2. The van der Waals surface area contributed by atoms with E-state index in [1.54, 1.807) is 0 Å². The number of hydrogen-bond donors (Lipinski definition) is 1. The van der Waals surface area contributed by atoms with Crippen LogP contribution in [0.4, 0.5) is 0 Å². The molecule has 2 aliphatic rings. The number of rotatable bonds is 1. The van der Waals surface area contributed by atoms with Crippen molar-refractivity contribution in [2.45, 2.75) is 38.5 Å². The van der Waals surface area contributed by atoms with Crippen molar-refractivity contribution in [2.75, 3.05) is 13.1 Å². The van der Waals surface area contributed by atoms with E-state index < -0.39 is 0 Å². The smallest absolute Gasteiger partial charge is 0.0517 e. The molecular weight excluding hydrogens is 463 g/mol. The van der Waals surface area contributed by atoms with Gasteiger partial charge in [0.25, 0.3) is 0 Å². The van der Waals surface area contributed by atoms with E-state index in [4.69, 9.17) is 16.6 Å². The number of halogens is 3. The van der Waals surface area contributed by atoms with Gasteiger partial charge < -0.3 is 5.32 Å². The number of pyridine rings is 1. The molecule has 2 nitrogen and oxygen atoms in total. The Morgan fingerprint density at radius 2 is 1.84 bits per heavy atom. The summed E-state index contributed by atoms with van der Waals surface area (Å²) in [5.41, 5.74) is 5.55. The maximum Gasteiger partial charge on any atom is 0.0517 e. The molecule has 1 unspecified atom stereocenters. The van der Waals surface area contributed by atoms with Gasteiger partial charge in [-0.2, -0.15) is 0 Å². The van der Waals surface area contributed by atoms with E-state index in [1.165, 1.54) is 22.4 Å². The predicted octanol–water partition coefficient (Wildman–Crippen LogP) is 5.88. The zero-order valence-corrected chi connectivity index (χ0v) is 18.1. The van der Waals surface area contributed by atoms with Gasteiger partial charge >= 0.3 is 0 Å². The molecule has 0 bridgehead atoms. The summed E-state index contributed by atoms with van der Waals surface area (Å²) in [6, 6.07) is 6.45. The fourth-order valence-corrected chi connectivity index (χ4v) is 5.97. The van der Waals surface area contributed by atoms with Crippen LogP contribution >= 0.6 is 43.5 Å².